The fraction of sp³-hybridized carbons (Fsp3) is 0.200. The molecular weight excluding hydrogens is 258 g/mol. The van der Waals surface area contributed by atoms with Crippen LogP contribution in [0.15, 0.2) is 27.5 Å². The van der Waals surface area contributed by atoms with Crippen molar-refractivity contribution in [2.75, 3.05) is 11.9 Å². The van der Waals surface area contributed by atoms with E-state index in [1.54, 1.807) is 4.57 Å². The second-order valence-corrected chi connectivity index (χ2v) is 4.40. The van der Waals surface area contributed by atoms with Gasteiger partial charge in [-0.1, -0.05) is 15.9 Å². The number of hydrogen-bond donors (Lipinski definition) is 1. The van der Waals surface area contributed by atoms with Crippen molar-refractivity contribution in [3.63, 3.8) is 0 Å². The van der Waals surface area contributed by atoms with E-state index in [0.717, 1.165) is 27.7 Å². The number of rotatable bonds is 0. The maximum absolute atomic E-state index is 11.6. The first-order valence-electron chi connectivity index (χ1n) is 4.70. The van der Waals surface area contributed by atoms with Crippen LogP contribution in [0.25, 0.3) is 10.9 Å². The lowest BCUT2D eigenvalue weighted by molar-refractivity contribution is 0.750. The summed E-state index contributed by atoms with van der Waals surface area (Å²) in [5.74, 6) is 0.881. The Morgan fingerprint density at radius 2 is 2.33 bits per heavy atom. The zero-order chi connectivity index (χ0) is 10.4. The number of aromatic nitrogens is 2. The van der Waals surface area contributed by atoms with Gasteiger partial charge in [-0.15, -0.1) is 0 Å². The van der Waals surface area contributed by atoms with Crippen LogP contribution in [0, 0.1) is 0 Å². The highest BCUT2D eigenvalue weighted by Gasteiger charge is 2.15. The second kappa shape index (κ2) is 3.06. The zero-order valence-corrected chi connectivity index (χ0v) is 9.41. The Morgan fingerprint density at radius 1 is 1.47 bits per heavy atom. The molecule has 4 nitrogen and oxygen atoms in total. The minimum absolute atomic E-state index is 0.176. The molecule has 15 heavy (non-hydrogen) atoms. The first-order chi connectivity index (χ1) is 7.25. The average molecular weight is 266 g/mol. The van der Waals surface area contributed by atoms with Crippen LogP contribution in [0.5, 0.6) is 0 Å². The maximum Gasteiger partial charge on any atom is 0.349 e. The Kier molecular flexibility index (Phi) is 1.82. The van der Waals surface area contributed by atoms with E-state index >= 15 is 0 Å². The molecule has 1 aliphatic heterocycles. The third-order valence-corrected chi connectivity index (χ3v) is 3.05. The third kappa shape index (κ3) is 1.26. The molecule has 1 N–H and O–H groups in total. The number of halogens is 1. The molecular formula is C10H8BrN3O. The van der Waals surface area contributed by atoms with E-state index in [9.17, 15) is 4.79 Å². The number of fused-ring (bicyclic) bond motifs is 3. The third-order valence-electron chi connectivity index (χ3n) is 2.56. The molecule has 0 atom stereocenters. The van der Waals surface area contributed by atoms with Gasteiger partial charge in [-0.2, -0.15) is 4.98 Å². The van der Waals surface area contributed by atoms with Gasteiger partial charge in [0.25, 0.3) is 0 Å². The van der Waals surface area contributed by atoms with Crippen LogP contribution in [-0.4, -0.2) is 16.1 Å². The van der Waals surface area contributed by atoms with Gasteiger partial charge in [-0.25, -0.2) is 4.79 Å². The zero-order valence-electron chi connectivity index (χ0n) is 7.83. The van der Waals surface area contributed by atoms with Crippen molar-refractivity contribution >= 4 is 32.7 Å². The van der Waals surface area contributed by atoms with Crippen LogP contribution >= 0.6 is 15.9 Å². The molecule has 0 bridgehead atoms. The fourth-order valence-electron chi connectivity index (χ4n) is 1.88. The van der Waals surface area contributed by atoms with Gasteiger partial charge in [-0.05, 0) is 18.2 Å². The summed E-state index contributed by atoms with van der Waals surface area (Å²) < 4.78 is 2.67. The smallest absolute Gasteiger partial charge is 0.349 e. The summed E-state index contributed by atoms with van der Waals surface area (Å²) in [6.45, 7) is 1.49. The molecule has 1 aliphatic rings. The molecule has 76 valence electrons. The number of hydrogen-bond acceptors (Lipinski definition) is 3. The first-order valence-corrected chi connectivity index (χ1v) is 5.49. The molecule has 0 fully saturated rings. The van der Waals surface area contributed by atoms with E-state index < -0.39 is 0 Å². The Bertz CT molecular complexity index is 605. The summed E-state index contributed by atoms with van der Waals surface area (Å²) in [4.78, 5) is 15.6. The average Bonchev–Trinajstić information content (AvgIpc) is 2.69. The van der Waals surface area contributed by atoms with Gasteiger partial charge in [0.1, 0.15) is 5.82 Å². The Hall–Kier alpha value is -1.36. The number of nitrogens with one attached hydrogen (secondary N) is 1. The minimum atomic E-state index is -0.176. The van der Waals surface area contributed by atoms with Crippen molar-refractivity contribution in [3.05, 3.63) is 33.2 Å². The molecule has 2 aromatic rings. The van der Waals surface area contributed by atoms with Gasteiger partial charge in [0.2, 0.25) is 0 Å². The van der Waals surface area contributed by atoms with Crippen molar-refractivity contribution in [2.45, 2.75) is 6.54 Å². The van der Waals surface area contributed by atoms with Crippen molar-refractivity contribution in [2.24, 2.45) is 0 Å². The largest absolute Gasteiger partial charge is 0.369 e. The molecule has 1 aromatic carbocycles. The molecule has 0 aliphatic carbocycles. The SMILES string of the molecule is O=c1nc2ccc(Br)cc2c2n1CCN2. The van der Waals surface area contributed by atoms with Crippen LogP contribution in [0.4, 0.5) is 5.82 Å². The summed E-state index contributed by atoms with van der Waals surface area (Å²) in [7, 11) is 0. The Labute approximate surface area is 94.1 Å². The monoisotopic (exact) mass is 265 g/mol. The van der Waals surface area contributed by atoms with Crippen molar-refractivity contribution in [3.8, 4) is 0 Å². The molecule has 0 saturated heterocycles. The highest BCUT2D eigenvalue weighted by atomic mass is 79.9. The van der Waals surface area contributed by atoms with Crippen LogP contribution in [0.1, 0.15) is 0 Å². The molecule has 2 heterocycles. The molecule has 0 amide bonds. The molecule has 1 aromatic heterocycles. The lowest BCUT2D eigenvalue weighted by Gasteiger charge is -2.05. The van der Waals surface area contributed by atoms with Gasteiger partial charge in [-0.3, -0.25) is 4.57 Å². The quantitative estimate of drug-likeness (QED) is 0.787. The van der Waals surface area contributed by atoms with Crippen molar-refractivity contribution < 1.29 is 0 Å². The number of benzene rings is 1. The number of anilines is 1. The van der Waals surface area contributed by atoms with Crippen molar-refractivity contribution in [1.29, 1.82) is 0 Å². The van der Waals surface area contributed by atoms with Crippen molar-refractivity contribution in [1.82, 2.24) is 9.55 Å². The van der Waals surface area contributed by atoms with E-state index in [2.05, 4.69) is 26.2 Å². The molecule has 0 saturated carbocycles. The molecule has 3 rings (SSSR count). The predicted octanol–water partition coefficient (Wildman–Crippen LogP) is 1.58. The van der Waals surface area contributed by atoms with E-state index in [4.69, 9.17) is 0 Å². The van der Waals surface area contributed by atoms with Gasteiger partial charge in [0, 0.05) is 22.9 Å². The summed E-state index contributed by atoms with van der Waals surface area (Å²) in [5, 5.41) is 4.20. The van der Waals surface area contributed by atoms with Crippen LogP contribution in [0.2, 0.25) is 0 Å². The standard InChI is InChI=1S/C10H8BrN3O/c11-6-1-2-8-7(5-6)9-12-3-4-14(9)10(15)13-8/h1-2,5,12H,3-4H2. The van der Waals surface area contributed by atoms with Gasteiger partial charge in [0.05, 0.1) is 5.52 Å². The predicted molar refractivity (Wildman–Crippen MR) is 62.2 cm³/mol. The lowest BCUT2D eigenvalue weighted by Crippen LogP contribution is -2.20. The topological polar surface area (TPSA) is 46.9 Å². The van der Waals surface area contributed by atoms with Gasteiger partial charge < -0.3 is 5.32 Å². The molecule has 0 radical (unpaired) electrons. The summed E-state index contributed by atoms with van der Waals surface area (Å²) in [5.41, 5.74) is 0.564. The first kappa shape index (κ1) is 8.91. The lowest BCUT2D eigenvalue weighted by atomic mass is 10.2. The van der Waals surface area contributed by atoms with E-state index in [1.165, 1.54) is 0 Å². The highest BCUT2D eigenvalue weighted by molar-refractivity contribution is 9.10. The molecule has 5 heteroatoms. The van der Waals surface area contributed by atoms with E-state index in [-0.39, 0.29) is 5.69 Å². The molecule has 0 spiro atoms. The summed E-state index contributed by atoms with van der Waals surface area (Å²) >= 11 is 3.42. The normalized spacial score (nSPS) is 13.9. The Balaban J connectivity index is 2.49. The second-order valence-electron chi connectivity index (χ2n) is 3.48. The molecule has 0 unspecified atom stereocenters. The summed E-state index contributed by atoms with van der Waals surface area (Å²) in [6, 6.07) is 5.72. The minimum Gasteiger partial charge on any atom is -0.369 e. The maximum atomic E-state index is 11.6. The van der Waals surface area contributed by atoms with E-state index in [1.807, 2.05) is 18.2 Å². The van der Waals surface area contributed by atoms with Crippen LogP contribution in [0.3, 0.4) is 0 Å². The highest BCUT2D eigenvalue weighted by Crippen LogP contribution is 2.25. The van der Waals surface area contributed by atoms with E-state index in [0.29, 0.717) is 6.54 Å². The van der Waals surface area contributed by atoms with Gasteiger partial charge >= 0.3 is 5.69 Å². The van der Waals surface area contributed by atoms with Crippen LogP contribution in [-0.2, 0) is 6.54 Å². The van der Waals surface area contributed by atoms with Crippen LogP contribution < -0.4 is 11.0 Å². The van der Waals surface area contributed by atoms with Gasteiger partial charge in [0.15, 0.2) is 0 Å². The summed E-state index contributed by atoms with van der Waals surface area (Å²) in [6.07, 6.45) is 0. The number of nitrogens with zero attached hydrogens (tertiary/aromatic N) is 2. The fourth-order valence-corrected chi connectivity index (χ4v) is 2.25. The Morgan fingerprint density at radius 3 is 3.20 bits per heavy atom.